The van der Waals surface area contributed by atoms with Gasteiger partial charge in [-0.1, -0.05) is 19.1 Å². The molecular weight excluding hydrogens is 560 g/mol. The van der Waals surface area contributed by atoms with Crippen molar-refractivity contribution in [2.24, 2.45) is 23.7 Å². The van der Waals surface area contributed by atoms with E-state index in [9.17, 15) is 36.2 Å². The van der Waals surface area contributed by atoms with Crippen LogP contribution in [0.2, 0.25) is 0 Å². The van der Waals surface area contributed by atoms with Crippen molar-refractivity contribution in [1.82, 2.24) is 4.90 Å². The van der Waals surface area contributed by atoms with E-state index in [1.807, 2.05) is 23.1 Å². The van der Waals surface area contributed by atoms with Crippen molar-refractivity contribution in [3.05, 3.63) is 64.2 Å². The Kier molecular flexibility index (Phi) is 7.10. The Morgan fingerprint density at radius 1 is 0.952 bits per heavy atom. The van der Waals surface area contributed by atoms with Gasteiger partial charge in [-0.15, -0.1) is 0 Å². The van der Waals surface area contributed by atoms with E-state index in [0.717, 1.165) is 55.4 Å². The summed E-state index contributed by atoms with van der Waals surface area (Å²) in [5.74, 6) is -0.297. The Bertz CT molecular complexity index is 1350. The lowest BCUT2D eigenvalue weighted by Gasteiger charge is -2.51. The molecule has 2 aromatic carbocycles. The number of ether oxygens (including phenoxy) is 1. The van der Waals surface area contributed by atoms with Crippen LogP contribution in [0, 0.1) is 23.7 Å². The topological polar surface area (TPSA) is 49.8 Å². The van der Waals surface area contributed by atoms with Gasteiger partial charge in [-0.2, -0.15) is 26.3 Å². The largest absolute Gasteiger partial charge is 0.486 e. The highest BCUT2D eigenvalue weighted by molar-refractivity contribution is 5.71. The van der Waals surface area contributed by atoms with E-state index >= 15 is 0 Å². The smallest absolute Gasteiger partial charge is 0.416 e. The van der Waals surface area contributed by atoms with Crippen molar-refractivity contribution < 1.29 is 41.0 Å². The molecule has 10 heteroatoms. The van der Waals surface area contributed by atoms with E-state index in [1.165, 1.54) is 0 Å². The van der Waals surface area contributed by atoms with Crippen LogP contribution in [0.15, 0.2) is 36.4 Å². The van der Waals surface area contributed by atoms with Gasteiger partial charge in [-0.3, -0.25) is 9.69 Å². The molecule has 2 aliphatic heterocycles. The fourth-order valence-corrected chi connectivity index (χ4v) is 8.03. The summed E-state index contributed by atoms with van der Waals surface area (Å²) in [5, 5.41) is 9.72. The number of carbonyl (C=O) groups is 1. The maximum absolute atomic E-state index is 13.9. The molecule has 4 aliphatic rings. The average Bonchev–Trinajstić information content (AvgIpc) is 3.74. The monoisotopic (exact) mass is 595 g/mol. The first-order chi connectivity index (χ1) is 19.7. The van der Waals surface area contributed by atoms with Crippen molar-refractivity contribution in [3.8, 4) is 5.75 Å². The minimum absolute atomic E-state index is 0.0211. The van der Waals surface area contributed by atoms with Crippen molar-refractivity contribution >= 4 is 5.97 Å². The number of alkyl halides is 6. The van der Waals surface area contributed by atoms with Gasteiger partial charge in [0.05, 0.1) is 17.0 Å². The molecule has 42 heavy (non-hydrogen) atoms. The van der Waals surface area contributed by atoms with Gasteiger partial charge >= 0.3 is 18.3 Å². The zero-order valence-electron chi connectivity index (χ0n) is 23.6. The highest BCUT2D eigenvalue weighted by atomic mass is 19.4. The Morgan fingerprint density at radius 2 is 1.62 bits per heavy atom. The number of hydrogen-bond donors (Lipinski definition) is 1. The van der Waals surface area contributed by atoms with Crippen molar-refractivity contribution in [2.45, 2.75) is 82.3 Å². The number of halogens is 6. The molecule has 0 radical (unpaired) electrons. The fraction of sp³-hybridized carbons (Fsp3) is 0.594. The summed E-state index contributed by atoms with van der Waals surface area (Å²) in [6, 6.07) is 6.91. The van der Waals surface area contributed by atoms with Gasteiger partial charge in [0.1, 0.15) is 11.4 Å². The molecule has 3 fully saturated rings. The zero-order chi connectivity index (χ0) is 30.2. The van der Waals surface area contributed by atoms with E-state index in [2.05, 4.69) is 0 Å². The van der Waals surface area contributed by atoms with Gasteiger partial charge < -0.3 is 9.84 Å². The van der Waals surface area contributed by atoms with Gasteiger partial charge in [0.2, 0.25) is 0 Å². The van der Waals surface area contributed by atoms with Crippen molar-refractivity contribution in [3.63, 3.8) is 0 Å². The predicted molar refractivity (Wildman–Crippen MR) is 143 cm³/mol. The highest BCUT2D eigenvalue weighted by Gasteiger charge is 2.57. The molecule has 2 aromatic rings. The van der Waals surface area contributed by atoms with Crippen molar-refractivity contribution in [2.75, 3.05) is 13.1 Å². The van der Waals surface area contributed by atoms with E-state index < -0.39 is 47.0 Å². The molecule has 1 saturated heterocycles. The van der Waals surface area contributed by atoms with E-state index in [0.29, 0.717) is 37.2 Å². The lowest BCUT2D eigenvalue weighted by atomic mass is 9.73. The quantitative estimate of drug-likeness (QED) is 0.343. The standard InChI is InChI=1S/C32H35F6NO3/c1-17(29(40)41)28(20-4-5-20)21-6-3-19-11-12-30(42-27(19)13-21)23-7-8-24(30)16-39(15-23)18(2)25-14-22(31(33,34)35)9-10-26(25)32(36,37)38/h3,6,9-10,13-14,17-18,20,23-24,28H,4-5,7-8,11-12,15-16H2,1-2H3,(H,40,41)/t17-,18+,23+,24+,28?/m0/s1. The van der Waals surface area contributed by atoms with Crippen LogP contribution in [-0.4, -0.2) is 34.7 Å². The van der Waals surface area contributed by atoms with Gasteiger partial charge in [0, 0.05) is 31.0 Å². The molecule has 2 heterocycles. The molecule has 6 rings (SSSR count). The Labute approximate surface area is 241 Å². The predicted octanol–water partition coefficient (Wildman–Crippen LogP) is 8.11. The summed E-state index contributed by atoms with van der Waals surface area (Å²) in [6.45, 7) is 4.17. The molecule has 5 atom stereocenters. The highest BCUT2D eigenvalue weighted by Crippen LogP contribution is 2.55. The minimum atomic E-state index is -4.77. The normalized spacial score (nSPS) is 28.2. The lowest BCUT2D eigenvalue weighted by Crippen LogP contribution is -2.58. The average molecular weight is 596 g/mol. The summed E-state index contributed by atoms with van der Waals surface area (Å²) in [6.07, 6.45) is -4.29. The maximum Gasteiger partial charge on any atom is 0.416 e. The number of carboxylic acid groups (broad SMARTS) is 1. The number of aryl methyl sites for hydroxylation is 1. The van der Waals surface area contributed by atoms with E-state index in [4.69, 9.17) is 4.74 Å². The third-order valence-corrected chi connectivity index (χ3v) is 10.5. The number of benzene rings is 2. The number of piperidine rings is 1. The van der Waals surface area contributed by atoms with Gasteiger partial charge in [0.15, 0.2) is 0 Å². The second-order valence-corrected chi connectivity index (χ2v) is 12.8. The molecule has 1 unspecified atom stereocenters. The Morgan fingerprint density at radius 3 is 2.19 bits per heavy atom. The van der Waals surface area contributed by atoms with Crippen molar-refractivity contribution in [1.29, 1.82) is 0 Å². The molecule has 0 amide bonds. The molecule has 2 bridgehead atoms. The lowest BCUT2D eigenvalue weighted by molar-refractivity contribution is -0.142. The summed E-state index contributed by atoms with van der Waals surface area (Å²) < 4.78 is 88.9. The van der Waals surface area contributed by atoms with Crippen LogP contribution < -0.4 is 4.74 Å². The van der Waals surface area contributed by atoms with Crippen LogP contribution in [0.4, 0.5) is 26.3 Å². The summed E-state index contributed by atoms with van der Waals surface area (Å²) >= 11 is 0. The molecule has 228 valence electrons. The summed E-state index contributed by atoms with van der Waals surface area (Å²) in [4.78, 5) is 13.7. The minimum Gasteiger partial charge on any atom is -0.486 e. The number of nitrogens with zero attached hydrogens (tertiary/aromatic N) is 1. The molecule has 2 aliphatic carbocycles. The number of carboxylic acids is 1. The zero-order valence-corrected chi connectivity index (χ0v) is 23.6. The van der Waals surface area contributed by atoms with Crippen LogP contribution >= 0.6 is 0 Å². The van der Waals surface area contributed by atoms with Crippen LogP contribution in [0.1, 0.15) is 85.7 Å². The van der Waals surface area contributed by atoms with E-state index in [-0.39, 0.29) is 23.3 Å². The third-order valence-electron chi connectivity index (χ3n) is 10.5. The second-order valence-electron chi connectivity index (χ2n) is 12.8. The van der Waals surface area contributed by atoms with E-state index in [1.54, 1.807) is 13.8 Å². The molecule has 0 aromatic heterocycles. The number of hydrogen-bond acceptors (Lipinski definition) is 3. The first-order valence-corrected chi connectivity index (χ1v) is 14.8. The first-order valence-electron chi connectivity index (χ1n) is 14.8. The van der Waals surface area contributed by atoms with Crippen LogP contribution in [0.25, 0.3) is 0 Å². The maximum atomic E-state index is 13.9. The van der Waals surface area contributed by atoms with Crippen LogP contribution in [-0.2, 0) is 23.6 Å². The summed E-state index contributed by atoms with van der Waals surface area (Å²) in [5.41, 5.74) is -0.936. The number of rotatable bonds is 6. The van der Waals surface area contributed by atoms with Crippen LogP contribution in [0.3, 0.4) is 0 Å². The van der Waals surface area contributed by atoms with Gasteiger partial charge in [0.25, 0.3) is 0 Å². The number of fused-ring (bicyclic) bond motifs is 1. The SMILES string of the molecule is C[C@H](C(=O)O)C(c1ccc2c(c1)OC1(CC2)[C@@H]2CC[C@@H]1CN([C@H](C)c1cc(C(F)(F)F)ccc1C(F)(F)F)C2)C1CC1. The second kappa shape index (κ2) is 10.2. The summed E-state index contributed by atoms with van der Waals surface area (Å²) in [7, 11) is 0. The number of aliphatic carboxylic acids is 1. The molecule has 2 saturated carbocycles. The van der Waals surface area contributed by atoms with Crippen LogP contribution in [0.5, 0.6) is 5.75 Å². The molecular formula is C32H35F6NO3. The number of likely N-dealkylation sites (tertiary alicyclic amines) is 1. The fourth-order valence-electron chi connectivity index (χ4n) is 8.03. The Balaban J connectivity index is 1.26. The molecule has 1 N–H and O–H groups in total. The molecule has 4 nitrogen and oxygen atoms in total. The van der Waals surface area contributed by atoms with Gasteiger partial charge in [-0.05, 0) is 98.2 Å². The molecule has 1 spiro atoms. The first kappa shape index (κ1) is 29.3. The van der Waals surface area contributed by atoms with Gasteiger partial charge in [-0.25, -0.2) is 0 Å². The third kappa shape index (κ3) is 5.07. The Hall–Kier alpha value is -2.75.